The van der Waals surface area contributed by atoms with E-state index in [-0.39, 0.29) is 5.82 Å². The number of nitriles is 1. The van der Waals surface area contributed by atoms with Crippen LogP contribution in [0, 0.1) is 17.1 Å². The highest BCUT2D eigenvalue weighted by Crippen LogP contribution is 2.21. The Bertz CT molecular complexity index is 614. The number of nitrogens with one attached hydrogen (secondary N) is 1. The van der Waals surface area contributed by atoms with Gasteiger partial charge in [-0.05, 0) is 19.9 Å². The lowest BCUT2D eigenvalue weighted by Crippen LogP contribution is -2.29. The SMILES string of the molecule is CC(C)(C#N)Nc1ncc(-c2ccccc2F)cn1. The fourth-order valence-electron chi connectivity index (χ4n) is 1.53. The van der Waals surface area contributed by atoms with Gasteiger partial charge in [0, 0.05) is 23.5 Å². The second-order valence-electron chi connectivity index (χ2n) is 4.64. The zero-order valence-electron chi connectivity index (χ0n) is 10.7. The van der Waals surface area contributed by atoms with E-state index < -0.39 is 5.54 Å². The molecular formula is C14H13FN4. The van der Waals surface area contributed by atoms with E-state index in [2.05, 4.69) is 21.4 Å². The van der Waals surface area contributed by atoms with Crippen LogP contribution in [0.3, 0.4) is 0 Å². The molecule has 1 aromatic heterocycles. The van der Waals surface area contributed by atoms with Crippen molar-refractivity contribution < 1.29 is 4.39 Å². The van der Waals surface area contributed by atoms with Crippen LogP contribution in [-0.2, 0) is 0 Å². The summed E-state index contributed by atoms with van der Waals surface area (Å²) in [5, 5.41) is 11.8. The first-order valence-electron chi connectivity index (χ1n) is 5.78. The highest BCUT2D eigenvalue weighted by Gasteiger charge is 2.17. The monoisotopic (exact) mass is 256 g/mol. The van der Waals surface area contributed by atoms with E-state index in [1.165, 1.54) is 18.5 Å². The van der Waals surface area contributed by atoms with Gasteiger partial charge in [0.05, 0.1) is 6.07 Å². The van der Waals surface area contributed by atoms with Gasteiger partial charge in [0.2, 0.25) is 5.95 Å². The molecule has 2 rings (SSSR count). The zero-order valence-corrected chi connectivity index (χ0v) is 10.7. The molecular weight excluding hydrogens is 243 g/mol. The number of halogens is 1. The summed E-state index contributed by atoms with van der Waals surface area (Å²) >= 11 is 0. The minimum Gasteiger partial charge on any atom is -0.336 e. The van der Waals surface area contributed by atoms with Crippen LogP contribution in [0.2, 0.25) is 0 Å². The first-order chi connectivity index (χ1) is 9.02. The van der Waals surface area contributed by atoms with Gasteiger partial charge in [0.25, 0.3) is 0 Å². The molecule has 1 heterocycles. The predicted octanol–water partition coefficient (Wildman–Crippen LogP) is 3.00. The molecule has 0 aliphatic carbocycles. The second-order valence-corrected chi connectivity index (χ2v) is 4.64. The average molecular weight is 256 g/mol. The predicted molar refractivity (Wildman–Crippen MR) is 70.7 cm³/mol. The first-order valence-corrected chi connectivity index (χ1v) is 5.78. The summed E-state index contributed by atoms with van der Waals surface area (Å²) in [5.74, 6) is 0.0239. The molecule has 0 aliphatic heterocycles. The van der Waals surface area contributed by atoms with Crippen LogP contribution in [0.15, 0.2) is 36.7 Å². The summed E-state index contributed by atoms with van der Waals surface area (Å²) in [6, 6.07) is 8.53. The quantitative estimate of drug-likeness (QED) is 0.917. The van der Waals surface area contributed by atoms with Crippen LogP contribution in [0.4, 0.5) is 10.3 Å². The van der Waals surface area contributed by atoms with Crippen LogP contribution in [-0.4, -0.2) is 15.5 Å². The minimum atomic E-state index is -0.750. The summed E-state index contributed by atoms with van der Waals surface area (Å²) in [5.41, 5.74) is 0.298. The lowest BCUT2D eigenvalue weighted by Gasteiger charge is -2.17. The summed E-state index contributed by atoms with van der Waals surface area (Å²) in [7, 11) is 0. The van der Waals surface area contributed by atoms with E-state index in [0.29, 0.717) is 17.1 Å². The first kappa shape index (κ1) is 13.0. The Morgan fingerprint density at radius 2 is 1.84 bits per heavy atom. The largest absolute Gasteiger partial charge is 0.336 e. The number of benzene rings is 1. The molecule has 19 heavy (non-hydrogen) atoms. The highest BCUT2D eigenvalue weighted by atomic mass is 19.1. The fourth-order valence-corrected chi connectivity index (χ4v) is 1.53. The van der Waals surface area contributed by atoms with Crippen LogP contribution in [0.5, 0.6) is 0 Å². The summed E-state index contributed by atoms with van der Waals surface area (Å²) in [4.78, 5) is 8.18. The Hall–Kier alpha value is -2.48. The number of hydrogen-bond acceptors (Lipinski definition) is 4. The van der Waals surface area contributed by atoms with Crippen LogP contribution < -0.4 is 5.32 Å². The third-order valence-corrected chi connectivity index (χ3v) is 2.54. The van der Waals surface area contributed by atoms with Gasteiger partial charge in [-0.15, -0.1) is 0 Å². The number of hydrogen-bond donors (Lipinski definition) is 1. The molecule has 1 aromatic carbocycles. The fraction of sp³-hybridized carbons (Fsp3) is 0.214. The van der Waals surface area contributed by atoms with E-state index in [1.807, 2.05) is 0 Å². The molecule has 2 aromatic rings. The molecule has 0 bridgehead atoms. The molecule has 0 amide bonds. The molecule has 0 fully saturated rings. The van der Waals surface area contributed by atoms with Crippen molar-refractivity contribution in [1.29, 1.82) is 5.26 Å². The molecule has 96 valence electrons. The molecule has 0 radical (unpaired) electrons. The van der Waals surface area contributed by atoms with Gasteiger partial charge in [0.1, 0.15) is 11.4 Å². The van der Waals surface area contributed by atoms with E-state index in [9.17, 15) is 4.39 Å². The van der Waals surface area contributed by atoms with E-state index in [1.54, 1.807) is 32.0 Å². The Morgan fingerprint density at radius 3 is 2.42 bits per heavy atom. The smallest absolute Gasteiger partial charge is 0.223 e. The lowest BCUT2D eigenvalue weighted by atomic mass is 10.1. The maximum absolute atomic E-state index is 13.6. The lowest BCUT2D eigenvalue weighted by molar-refractivity contribution is 0.631. The van der Waals surface area contributed by atoms with Gasteiger partial charge < -0.3 is 5.32 Å². The van der Waals surface area contributed by atoms with Crippen molar-refractivity contribution in [3.05, 3.63) is 42.5 Å². The molecule has 5 heteroatoms. The van der Waals surface area contributed by atoms with Crippen LogP contribution in [0.25, 0.3) is 11.1 Å². The highest BCUT2D eigenvalue weighted by molar-refractivity contribution is 5.62. The second kappa shape index (κ2) is 5.02. The van der Waals surface area contributed by atoms with Crippen LogP contribution in [0.1, 0.15) is 13.8 Å². The third kappa shape index (κ3) is 3.05. The van der Waals surface area contributed by atoms with E-state index in [4.69, 9.17) is 5.26 Å². The number of aromatic nitrogens is 2. The molecule has 0 unspecified atom stereocenters. The molecule has 0 aliphatic rings. The van der Waals surface area contributed by atoms with Gasteiger partial charge in [-0.25, -0.2) is 14.4 Å². The number of rotatable bonds is 3. The number of anilines is 1. The molecule has 1 N–H and O–H groups in total. The molecule has 0 spiro atoms. The van der Waals surface area contributed by atoms with E-state index in [0.717, 1.165) is 0 Å². The Labute approximate surface area is 110 Å². The molecule has 4 nitrogen and oxygen atoms in total. The Balaban J connectivity index is 2.25. The van der Waals surface area contributed by atoms with Crippen molar-refractivity contribution >= 4 is 5.95 Å². The Kier molecular flexibility index (Phi) is 3.43. The molecule has 0 saturated heterocycles. The number of nitrogens with zero attached hydrogens (tertiary/aromatic N) is 3. The summed E-state index contributed by atoms with van der Waals surface area (Å²) in [6.45, 7) is 3.45. The van der Waals surface area contributed by atoms with E-state index >= 15 is 0 Å². The minimum absolute atomic E-state index is 0.316. The Morgan fingerprint density at radius 1 is 1.21 bits per heavy atom. The van der Waals surface area contributed by atoms with Crippen molar-refractivity contribution in [3.8, 4) is 17.2 Å². The van der Waals surface area contributed by atoms with Crippen molar-refractivity contribution in [2.75, 3.05) is 5.32 Å². The molecule has 0 atom stereocenters. The third-order valence-electron chi connectivity index (χ3n) is 2.54. The van der Waals surface area contributed by atoms with Gasteiger partial charge in [-0.2, -0.15) is 5.26 Å². The summed E-state index contributed by atoms with van der Waals surface area (Å²) < 4.78 is 13.6. The summed E-state index contributed by atoms with van der Waals surface area (Å²) in [6.07, 6.45) is 3.06. The maximum Gasteiger partial charge on any atom is 0.223 e. The molecule has 0 saturated carbocycles. The normalized spacial score (nSPS) is 10.8. The van der Waals surface area contributed by atoms with Crippen molar-refractivity contribution in [3.63, 3.8) is 0 Å². The topological polar surface area (TPSA) is 61.6 Å². The van der Waals surface area contributed by atoms with Crippen molar-refractivity contribution in [2.45, 2.75) is 19.4 Å². The van der Waals surface area contributed by atoms with Gasteiger partial charge in [0.15, 0.2) is 0 Å². The van der Waals surface area contributed by atoms with Gasteiger partial charge >= 0.3 is 0 Å². The van der Waals surface area contributed by atoms with Crippen molar-refractivity contribution in [1.82, 2.24) is 9.97 Å². The standard InChI is InChI=1S/C14H13FN4/c1-14(2,9-16)19-13-17-7-10(8-18-13)11-5-3-4-6-12(11)15/h3-8H,1-2H3,(H,17,18,19). The maximum atomic E-state index is 13.6. The average Bonchev–Trinajstić information content (AvgIpc) is 2.40. The zero-order chi connectivity index (χ0) is 13.9. The van der Waals surface area contributed by atoms with Gasteiger partial charge in [-0.3, -0.25) is 0 Å². The van der Waals surface area contributed by atoms with Crippen molar-refractivity contribution in [2.24, 2.45) is 0 Å². The van der Waals surface area contributed by atoms with Crippen LogP contribution >= 0.6 is 0 Å². The van der Waals surface area contributed by atoms with Gasteiger partial charge in [-0.1, -0.05) is 18.2 Å².